The minimum atomic E-state index is -0.340. The van der Waals surface area contributed by atoms with E-state index in [2.05, 4.69) is 0 Å². The van der Waals surface area contributed by atoms with Gasteiger partial charge in [-0.2, -0.15) is 0 Å². The van der Waals surface area contributed by atoms with Crippen molar-refractivity contribution in [3.63, 3.8) is 0 Å². The van der Waals surface area contributed by atoms with E-state index >= 15 is 0 Å². The number of benzene rings is 1. The minimum absolute atomic E-state index is 0.340. The van der Waals surface area contributed by atoms with Crippen molar-refractivity contribution in [1.29, 1.82) is 0 Å². The zero-order valence-electron chi connectivity index (χ0n) is 11.0. The Morgan fingerprint density at radius 1 is 1.17 bits per heavy atom. The minimum Gasteiger partial charge on any atom is -0.493 e. The lowest BCUT2D eigenvalue weighted by atomic mass is 9.87. The molecule has 2 nitrogen and oxygen atoms in total. The summed E-state index contributed by atoms with van der Waals surface area (Å²) in [5, 5.41) is 10.7. The number of para-hydroxylation sites is 1. The first-order chi connectivity index (χ1) is 8.81. The van der Waals surface area contributed by atoms with E-state index in [1.54, 1.807) is 0 Å². The second-order valence-corrected chi connectivity index (χ2v) is 5.67. The molecule has 2 fully saturated rings. The van der Waals surface area contributed by atoms with Crippen LogP contribution in [0.15, 0.2) is 24.3 Å². The largest absolute Gasteiger partial charge is 0.493 e. The van der Waals surface area contributed by atoms with E-state index in [4.69, 9.17) is 4.74 Å². The van der Waals surface area contributed by atoms with E-state index in [1.165, 1.54) is 25.7 Å². The second-order valence-electron chi connectivity index (χ2n) is 5.67. The fourth-order valence-electron chi connectivity index (χ4n) is 3.08. The molecule has 18 heavy (non-hydrogen) atoms. The van der Waals surface area contributed by atoms with Crippen molar-refractivity contribution < 1.29 is 9.84 Å². The fraction of sp³-hybridized carbons (Fsp3) is 0.625. The van der Waals surface area contributed by atoms with Gasteiger partial charge in [-0.05, 0) is 56.4 Å². The van der Waals surface area contributed by atoms with E-state index in [0.29, 0.717) is 12.5 Å². The summed E-state index contributed by atoms with van der Waals surface area (Å²) in [4.78, 5) is 0. The van der Waals surface area contributed by atoms with Gasteiger partial charge in [0, 0.05) is 5.56 Å². The average Bonchev–Trinajstić information content (AvgIpc) is 3.25. The Hall–Kier alpha value is -1.02. The molecule has 0 bridgehead atoms. The summed E-state index contributed by atoms with van der Waals surface area (Å²) in [7, 11) is 0. The Bertz CT molecular complexity index is 395. The van der Waals surface area contributed by atoms with E-state index in [0.717, 1.165) is 23.1 Å². The van der Waals surface area contributed by atoms with Crippen molar-refractivity contribution in [2.45, 2.75) is 38.7 Å². The molecule has 1 atom stereocenters. The molecule has 0 heterocycles. The molecule has 1 N–H and O–H groups in total. The van der Waals surface area contributed by atoms with Gasteiger partial charge in [-0.3, -0.25) is 0 Å². The van der Waals surface area contributed by atoms with Gasteiger partial charge in [0.15, 0.2) is 0 Å². The van der Waals surface area contributed by atoms with Crippen molar-refractivity contribution in [3.8, 4) is 5.75 Å². The quantitative estimate of drug-likeness (QED) is 0.831. The molecule has 2 heteroatoms. The van der Waals surface area contributed by atoms with E-state index in [-0.39, 0.29) is 6.10 Å². The Balaban J connectivity index is 1.83. The monoisotopic (exact) mass is 246 g/mol. The predicted molar refractivity (Wildman–Crippen MR) is 71.5 cm³/mol. The zero-order valence-corrected chi connectivity index (χ0v) is 11.0. The number of ether oxygens (including phenoxy) is 1. The van der Waals surface area contributed by atoms with Gasteiger partial charge in [-0.1, -0.05) is 18.2 Å². The van der Waals surface area contributed by atoms with Crippen LogP contribution in [0, 0.1) is 17.8 Å². The van der Waals surface area contributed by atoms with E-state index < -0.39 is 0 Å². The maximum absolute atomic E-state index is 10.7. The maximum atomic E-state index is 10.7. The van der Waals surface area contributed by atoms with Crippen LogP contribution in [0.3, 0.4) is 0 Å². The molecule has 0 aliphatic heterocycles. The molecule has 98 valence electrons. The molecule has 0 radical (unpaired) electrons. The Morgan fingerprint density at radius 3 is 2.33 bits per heavy atom. The fourth-order valence-corrected chi connectivity index (χ4v) is 3.08. The average molecular weight is 246 g/mol. The molecule has 1 aromatic rings. The highest BCUT2D eigenvalue weighted by Gasteiger charge is 2.45. The van der Waals surface area contributed by atoms with Crippen LogP contribution >= 0.6 is 0 Å². The van der Waals surface area contributed by atoms with Crippen molar-refractivity contribution in [1.82, 2.24) is 0 Å². The molecule has 1 aromatic carbocycles. The number of hydrogen-bond acceptors (Lipinski definition) is 2. The molecule has 0 saturated heterocycles. The molecular weight excluding hydrogens is 224 g/mol. The standard InChI is InChI=1S/C16H22O2/c1-2-18-14-6-4-3-5-13(14)16(17)15(11-7-8-11)12-9-10-12/h3-6,11-12,15-17H,2,7-10H2,1H3. The first kappa shape index (κ1) is 12.0. The van der Waals surface area contributed by atoms with Crippen LogP contribution in [0.4, 0.5) is 0 Å². The number of aliphatic hydroxyl groups is 1. The van der Waals surface area contributed by atoms with Crippen LogP contribution in [0.25, 0.3) is 0 Å². The molecule has 1 unspecified atom stereocenters. The van der Waals surface area contributed by atoms with Crippen molar-refractivity contribution >= 4 is 0 Å². The van der Waals surface area contributed by atoms with Crippen molar-refractivity contribution in [2.75, 3.05) is 6.61 Å². The van der Waals surface area contributed by atoms with Gasteiger partial charge in [0.2, 0.25) is 0 Å². The first-order valence-electron chi connectivity index (χ1n) is 7.21. The summed E-state index contributed by atoms with van der Waals surface area (Å²) in [6, 6.07) is 7.97. The van der Waals surface area contributed by atoms with Crippen molar-refractivity contribution in [2.24, 2.45) is 17.8 Å². The van der Waals surface area contributed by atoms with Crippen LogP contribution in [-0.2, 0) is 0 Å². The molecule has 2 aliphatic carbocycles. The van der Waals surface area contributed by atoms with Gasteiger partial charge in [-0.25, -0.2) is 0 Å². The molecule has 0 amide bonds. The van der Waals surface area contributed by atoms with E-state index in [9.17, 15) is 5.11 Å². The van der Waals surface area contributed by atoms with Crippen LogP contribution in [0.2, 0.25) is 0 Å². The number of hydrogen-bond donors (Lipinski definition) is 1. The highest BCUT2D eigenvalue weighted by Crippen LogP contribution is 2.54. The summed E-state index contributed by atoms with van der Waals surface area (Å²) in [6.07, 6.45) is 4.86. The SMILES string of the molecule is CCOc1ccccc1C(O)C(C1CC1)C1CC1. The summed E-state index contributed by atoms with van der Waals surface area (Å²) in [5.41, 5.74) is 0.989. The third-order valence-corrected chi connectivity index (χ3v) is 4.23. The van der Waals surface area contributed by atoms with Crippen LogP contribution in [0.1, 0.15) is 44.3 Å². The summed E-state index contributed by atoms with van der Waals surface area (Å²) < 4.78 is 5.65. The topological polar surface area (TPSA) is 29.5 Å². The molecule has 2 aliphatic rings. The number of aliphatic hydroxyl groups excluding tert-OH is 1. The van der Waals surface area contributed by atoms with Gasteiger partial charge < -0.3 is 9.84 Å². The zero-order chi connectivity index (χ0) is 12.5. The molecule has 0 aromatic heterocycles. The highest BCUT2D eigenvalue weighted by atomic mass is 16.5. The summed E-state index contributed by atoms with van der Waals surface area (Å²) in [5.74, 6) is 2.83. The molecule has 0 spiro atoms. The third kappa shape index (κ3) is 2.39. The molecular formula is C16H22O2. The number of rotatable bonds is 6. The third-order valence-electron chi connectivity index (χ3n) is 4.23. The smallest absolute Gasteiger partial charge is 0.125 e. The van der Waals surface area contributed by atoms with Gasteiger partial charge in [0.1, 0.15) is 5.75 Å². The maximum Gasteiger partial charge on any atom is 0.125 e. The van der Waals surface area contributed by atoms with E-state index in [1.807, 2.05) is 31.2 Å². The predicted octanol–water partition coefficient (Wildman–Crippen LogP) is 3.55. The van der Waals surface area contributed by atoms with Crippen LogP contribution in [0.5, 0.6) is 5.75 Å². The molecule has 3 rings (SSSR count). The van der Waals surface area contributed by atoms with Gasteiger partial charge in [0.05, 0.1) is 12.7 Å². The normalized spacial score (nSPS) is 21.1. The Morgan fingerprint density at radius 2 is 1.78 bits per heavy atom. The van der Waals surface area contributed by atoms with Gasteiger partial charge in [-0.15, -0.1) is 0 Å². The Kier molecular flexibility index (Phi) is 3.29. The highest BCUT2D eigenvalue weighted by molar-refractivity contribution is 5.36. The van der Waals surface area contributed by atoms with Crippen LogP contribution in [-0.4, -0.2) is 11.7 Å². The van der Waals surface area contributed by atoms with Gasteiger partial charge in [0.25, 0.3) is 0 Å². The second kappa shape index (κ2) is 4.93. The Labute approximate surface area is 109 Å². The lowest BCUT2D eigenvalue weighted by molar-refractivity contribution is 0.0792. The lowest BCUT2D eigenvalue weighted by Crippen LogP contribution is -2.18. The summed E-state index contributed by atoms with van der Waals surface area (Å²) in [6.45, 7) is 2.64. The summed E-state index contributed by atoms with van der Waals surface area (Å²) >= 11 is 0. The van der Waals surface area contributed by atoms with Gasteiger partial charge >= 0.3 is 0 Å². The van der Waals surface area contributed by atoms with Crippen molar-refractivity contribution in [3.05, 3.63) is 29.8 Å². The first-order valence-corrected chi connectivity index (χ1v) is 7.21. The lowest BCUT2D eigenvalue weighted by Gasteiger charge is -2.24. The molecule has 2 saturated carbocycles. The van der Waals surface area contributed by atoms with Crippen LogP contribution < -0.4 is 4.74 Å².